The minimum atomic E-state index is -4.41. The van der Waals surface area contributed by atoms with Gasteiger partial charge in [0.15, 0.2) is 0 Å². The number of hydrogen-bond donors (Lipinski definition) is 3. The van der Waals surface area contributed by atoms with Crippen molar-refractivity contribution in [3.63, 3.8) is 0 Å². The van der Waals surface area contributed by atoms with Gasteiger partial charge in [-0.05, 0) is 51.0 Å². The third kappa shape index (κ3) is 4.50. The predicted octanol–water partition coefficient (Wildman–Crippen LogP) is 2.19. The fourth-order valence-electron chi connectivity index (χ4n) is 3.06. The van der Waals surface area contributed by atoms with Crippen LogP contribution in [0.25, 0.3) is 0 Å². The molecule has 1 heterocycles. The molecule has 1 fully saturated rings. The first-order chi connectivity index (χ1) is 11.4. The van der Waals surface area contributed by atoms with Crippen molar-refractivity contribution in [2.45, 2.75) is 58.0 Å². The zero-order valence-electron chi connectivity index (χ0n) is 14.5. The first-order valence-electron chi connectivity index (χ1n) is 7.96. The summed E-state index contributed by atoms with van der Waals surface area (Å²) in [4.78, 5) is 24.1. The molecule has 5 nitrogen and oxygen atoms in total. The van der Waals surface area contributed by atoms with E-state index in [0.29, 0.717) is 11.1 Å². The molecule has 1 aromatic rings. The SMILES string of the molecule is Cc1cc(C(F)(F)F)ccc1C(C)(C)NC(=O)C1CC(=O)NC(C)N1. The van der Waals surface area contributed by atoms with E-state index in [9.17, 15) is 22.8 Å². The van der Waals surface area contributed by atoms with E-state index >= 15 is 0 Å². The van der Waals surface area contributed by atoms with Gasteiger partial charge in [-0.25, -0.2) is 0 Å². The summed E-state index contributed by atoms with van der Waals surface area (Å²) >= 11 is 0. The van der Waals surface area contributed by atoms with E-state index in [1.54, 1.807) is 27.7 Å². The first kappa shape index (κ1) is 19.2. The highest BCUT2D eigenvalue weighted by Crippen LogP contribution is 2.33. The van der Waals surface area contributed by atoms with Crippen LogP contribution in [0.5, 0.6) is 0 Å². The van der Waals surface area contributed by atoms with Crippen LogP contribution in [-0.4, -0.2) is 24.0 Å². The van der Waals surface area contributed by atoms with Gasteiger partial charge in [-0.1, -0.05) is 6.07 Å². The van der Waals surface area contributed by atoms with Gasteiger partial charge in [0.1, 0.15) is 0 Å². The number of aryl methyl sites for hydroxylation is 1. The van der Waals surface area contributed by atoms with Gasteiger partial charge in [0.05, 0.1) is 29.7 Å². The van der Waals surface area contributed by atoms with Crippen molar-refractivity contribution in [1.82, 2.24) is 16.0 Å². The topological polar surface area (TPSA) is 70.2 Å². The van der Waals surface area contributed by atoms with Crippen molar-refractivity contribution in [2.24, 2.45) is 0 Å². The maximum atomic E-state index is 12.8. The molecule has 0 bridgehead atoms. The van der Waals surface area contributed by atoms with Crippen LogP contribution in [0.2, 0.25) is 0 Å². The molecule has 3 N–H and O–H groups in total. The van der Waals surface area contributed by atoms with Crippen molar-refractivity contribution in [3.05, 3.63) is 34.9 Å². The Morgan fingerprint density at radius 1 is 1.28 bits per heavy atom. The largest absolute Gasteiger partial charge is 0.416 e. The normalized spacial score (nSPS) is 21.6. The first-order valence-corrected chi connectivity index (χ1v) is 7.96. The highest BCUT2D eigenvalue weighted by Gasteiger charge is 2.35. The van der Waals surface area contributed by atoms with Crippen molar-refractivity contribution in [1.29, 1.82) is 0 Å². The molecular formula is C17H22F3N3O2. The monoisotopic (exact) mass is 357 g/mol. The van der Waals surface area contributed by atoms with E-state index in [1.807, 2.05) is 0 Å². The lowest BCUT2D eigenvalue weighted by Crippen LogP contribution is -2.61. The minimum absolute atomic E-state index is 0.0121. The van der Waals surface area contributed by atoms with Crippen LogP contribution in [0.1, 0.15) is 43.9 Å². The lowest BCUT2D eigenvalue weighted by atomic mass is 9.88. The number of nitrogens with one attached hydrogen (secondary N) is 3. The van der Waals surface area contributed by atoms with E-state index in [-0.39, 0.29) is 24.4 Å². The summed E-state index contributed by atoms with van der Waals surface area (Å²) in [5, 5.41) is 8.44. The van der Waals surface area contributed by atoms with Gasteiger partial charge in [0.2, 0.25) is 11.8 Å². The lowest BCUT2D eigenvalue weighted by Gasteiger charge is -2.34. The fraction of sp³-hybridized carbons (Fsp3) is 0.529. The van der Waals surface area contributed by atoms with Crippen molar-refractivity contribution < 1.29 is 22.8 Å². The summed E-state index contributed by atoms with van der Waals surface area (Å²) in [6, 6.07) is 2.77. The second-order valence-corrected chi connectivity index (χ2v) is 6.85. The molecule has 2 rings (SSSR count). The second kappa shape index (κ2) is 6.67. The quantitative estimate of drug-likeness (QED) is 0.777. The molecule has 0 radical (unpaired) electrons. The summed E-state index contributed by atoms with van der Waals surface area (Å²) < 4.78 is 38.4. The van der Waals surface area contributed by atoms with Crippen molar-refractivity contribution >= 4 is 11.8 Å². The lowest BCUT2D eigenvalue weighted by molar-refractivity contribution is -0.137. The second-order valence-electron chi connectivity index (χ2n) is 6.85. The van der Waals surface area contributed by atoms with Crippen LogP contribution >= 0.6 is 0 Å². The number of carbonyl (C=O) groups is 2. The Morgan fingerprint density at radius 2 is 1.92 bits per heavy atom. The maximum Gasteiger partial charge on any atom is 0.416 e. The Kier molecular flexibility index (Phi) is 5.13. The van der Waals surface area contributed by atoms with Gasteiger partial charge in [-0.2, -0.15) is 13.2 Å². The van der Waals surface area contributed by atoms with Crippen LogP contribution in [0.3, 0.4) is 0 Å². The fourth-order valence-corrected chi connectivity index (χ4v) is 3.06. The van der Waals surface area contributed by atoms with Crippen molar-refractivity contribution in [2.75, 3.05) is 0 Å². The average molecular weight is 357 g/mol. The number of halogens is 3. The number of amides is 2. The molecule has 2 unspecified atom stereocenters. The molecule has 1 aliphatic heterocycles. The van der Waals surface area contributed by atoms with Gasteiger partial charge < -0.3 is 10.6 Å². The summed E-state index contributed by atoms with van der Waals surface area (Å²) in [6.45, 7) is 6.73. The molecule has 0 aliphatic carbocycles. The molecule has 1 saturated heterocycles. The van der Waals surface area contributed by atoms with Gasteiger partial charge in [-0.3, -0.25) is 14.9 Å². The zero-order valence-corrected chi connectivity index (χ0v) is 14.5. The van der Waals surface area contributed by atoms with Gasteiger partial charge in [0, 0.05) is 0 Å². The molecule has 138 valence electrons. The van der Waals surface area contributed by atoms with Crippen LogP contribution < -0.4 is 16.0 Å². The molecule has 1 aromatic carbocycles. The molecular weight excluding hydrogens is 335 g/mol. The van der Waals surface area contributed by atoms with Crippen LogP contribution in [0.4, 0.5) is 13.2 Å². The third-order valence-electron chi connectivity index (χ3n) is 4.20. The Labute approximate surface area is 144 Å². The predicted molar refractivity (Wildman–Crippen MR) is 86.5 cm³/mol. The number of alkyl halides is 3. The number of carbonyl (C=O) groups excluding carboxylic acids is 2. The third-order valence-corrected chi connectivity index (χ3v) is 4.20. The van der Waals surface area contributed by atoms with E-state index in [0.717, 1.165) is 12.1 Å². The standard InChI is InChI=1S/C17H22F3N3O2/c1-9-7-11(17(18,19)20)5-6-12(9)16(3,4)23-15(25)13-8-14(24)22-10(2)21-13/h5-7,10,13,21H,8H2,1-4H3,(H,22,24)(H,23,25). The number of rotatable bonds is 3. The molecule has 0 aromatic heterocycles. The smallest absolute Gasteiger partial charge is 0.346 e. The Balaban J connectivity index is 2.18. The molecule has 0 spiro atoms. The van der Waals surface area contributed by atoms with Gasteiger partial charge in [-0.15, -0.1) is 0 Å². The molecule has 2 amide bonds. The minimum Gasteiger partial charge on any atom is -0.346 e. The highest BCUT2D eigenvalue weighted by molar-refractivity contribution is 5.90. The van der Waals surface area contributed by atoms with Crippen LogP contribution in [0.15, 0.2) is 18.2 Å². The molecule has 2 atom stereocenters. The maximum absolute atomic E-state index is 12.8. The number of benzene rings is 1. The highest BCUT2D eigenvalue weighted by atomic mass is 19.4. The van der Waals surface area contributed by atoms with E-state index in [1.165, 1.54) is 6.07 Å². The Morgan fingerprint density at radius 3 is 2.44 bits per heavy atom. The van der Waals surface area contributed by atoms with Crippen molar-refractivity contribution in [3.8, 4) is 0 Å². The average Bonchev–Trinajstić information content (AvgIpc) is 2.44. The Bertz CT molecular complexity index is 686. The molecule has 8 heteroatoms. The zero-order chi connectivity index (χ0) is 19.0. The van der Waals surface area contributed by atoms with E-state index in [4.69, 9.17) is 0 Å². The van der Waals surface area contributed by atoms with E-state index < -0.39 is 23.3 Å². The van der Waals surface area contributed by atoms with Crippen LogP contribution in [-0.2, 0) is 21.3 Å². The molecule has 1 aliphatic rings. The summed E-state index contributed by atoms with van der Waals surface area (Å²) in [7, 11) is 0. The molecule has 25 heavy (non-hydrogen) atoms. The van der Waals surface area contributed by atoms with E-state index in [2.05, 4.69) is 16.0 Å². The van der Waals surface area contributed by atoms with Crippen LogP contribution in [0, 0.1) is 6.92 Å². The summed E-state index contributed by atoms with van der Waals surface area (Å²) in [6.07, 6.45) is -4.72. The van der Waals surface area contributed by atoms with Gasteiger partial charge in [0.25, 0.3) is 0 Å². The Hall–Kier alpha value is -2.09. The number of hydrogen-bond acceptors (Lipinski definition) is 3. The summed E-state index contributed by atoms with van der Waals surface area (Å²) in [5.74, 6) is -0.596. The summed E-state index contributed by atoms with van der Waals surface area (Å²) in [5.41, 5.74) is -0.593. The van der Waals surface area contributed by atoms with Gasteiger partial charge >= 0.3 is 6.18 Å². The molecule has 0 saturated carbocycles.